The van der Waals surface area contributed by atoms with Gasteiger partial charge in [0.15, 0.2) is 0 Å². The van der Waals surface area contributed by atoms with Crippen LogP contribution in [0.2, 0.25) is 0 Å². The summed E-state index contributed by atoms with van der Waals surface area (Å²) in [7, 11) is 0. The van der Waals surface area contributed by atoms with Gasteiger partial charge in [-0.1, -0.05) is 6.07 Å². The van der Waals surface area contributed by atoms with E-state index in [2.05, 4.69) is 17.4 Å². The van der Waals surface area contributed by atoms with Gasteiger partial charge < -0.3 is 10.4 Å². The van der Waals surface area contributed by atoms with Crippen LogP contribution >= 0.6 is 11.8 Å². The topological polar surface area (TPSA) is 49.3 Å². The molecule has 1 heterocycles. The zero-order valence-corrected chi connectivity index (χ0v) is 10.3. The quantitative estimate of drug-likeness (QED) is 0.862. The fourth-order valence-corrected chi connectivity index (χ4v) is 3.10. The summed E-state index contributed by atoms with van der Waals surface area (Å²) < 4.78 is 0. The van der Waals surface area contributed by atoms with E-state index >= 15 is 0 Å². The van der Waals surface area contributed by atoms with E-state index in [9.17, 15) is 9.90 Å². The SMILES string of the molecule is O=C1CSc2cc(CC3(CO)CC3)ccc2N1. The predicted octanol–water partition coefficient (Wildman–Crippen LogP) is 2.05. The van der Waals surface area contributed by atoms with Crippen molar-refractivity contribution in [3.63, 3.8) is 0 Å². The van der Waals surface area contributed by atoms with Crippen LogP contribution < -0.4 is 5.32 Å². The maximum Gasteiger partial charge on any atom is 0.234 e. The van der Waals surface area contributed by atoms with Crippen molar-refractivity contribution in [2.45, 2.75) is 24.2 Å². The number of hydrogen-bond acceptors (Lipinski definition) is 3. The minimum absolute atomic E-state index is 0.0734. The summed E-state index contributed by atoms with van der Waals surface area (Å²) in [6.07, 6.45) is 3.21. The Hall–Kier alpha value is -1.00. The third kappa shape index (κ3) is 2.19. The molecule has 0 atom stereocenters. The number of rotatable bonds is 3. The summed E-state index contributed by atoms with van der Waals surface area (Å²) in [5.74, 6) is 0.575. The van der Waals surface area contributed by atoms with Crippen molar-refractivity contribution in [3.8, 4) is 0 Å². The molecule has 1 aliphatic heterocycles. The highest BCUT2D eigenvalue weighted by atomic mass is 32.2. The lowest BCUT2D eigenvalue weighted by Crippen LogP contribution is -2.19. The summed E-state index contributed by atoms with van der Waals surface area (Å²) in [6, 6.07) is 6.18. The second kappa shape index (κ2) is 4.03. The van der Waals surface area contributed by atoms with Crippen molar-refractivity contribution in [1.82, 2.24) is 0 Å². The lowest BCUT2D eigenvalue weighted by atomic mass is 9.97. The summed E-state index contributed by atoms with van der Waals surface area (Å²) in [6.45, 7) is 0.286. The normalized spacial score (nSPS) is 20.6. The largest absolute Gasteiger partial charge is 0.396 e. The Morgan fingerprint density at radius 3 is 2.94 bits per heavy atom. The molecule has 90 valence electrons. The Morgan fingerprint density at radius 1 is 1.41 bits per heavy atom. The molecule has 0 aromatic heterocycles. The average molecular weight is 249 g/mol. The molecule has 0 spiro atoms. The third-order valence-electron chi connectivity index (χ3n) is 3.55. The molecular weight excluding hydrogens is 234 g/mol. The van der Waals surface area contributed by atoms with E-state index in [1.807, 2.05) is 6.07 Å². The summed E-state index contributed by atoms with van der Waals surface area (Å²) in [5.41, 5.74) is 2.33. The smallest absolute Gasteiger partial charge is 0.234 e. The molecule has 2 aliphatic rings. The van der Waals surface area contributed by atoms with Crippen LogP contribution in [0.15, 0.2) is 23.1 Å². The van der Waals surface area contributed by atoms with Gasteiger partial charge in [0.05, 0.1) is 11.4 Å². The first-order valence-corrected chi connectivity index (χ1v) is 6.86. The minimum atomic E-state index is 0.0734. The second-order valence-electron chi connectivity index (χ2n) is 5.00. The molecule has 0 bridgehead atoms. The van der Waals surface area contributed by atoms with Crippen molar-refractivity contribution in [2.75, 3.05) is 17.7 Å². The molecule has 1 aromatic carbocycles. The van der Waals surface area contributed by atoms with E-state index in [0.29, 0.717) is 5.75 Å². The molecule has 1 fully saturated rings. The number of aliphatic hydroxyl groups excluding tert-OH is 1. The van der Waals surface area contributed by atoms with Crippen molar-refractivity contribution in [1.29, 1.82) is 0 Å². The summed E-state index contributed by atoms with van der Waals surface area (Å²) in [4.78, 5) is 12.4. The van der Waals surface area contributed by atoms with E-state index in [-0.39, 0.29) is 17.9 Å². The van der Waals surface area contributed by atoms with Crippen molar-refractivity contribution >= 4 is 23.4 Å². The maximum absolute atomic E-state index is 11.2. The van der Waals surface area contributed by atoms with Crippen LogP contribution in [-0.2, 0) is 11.2 Å². The Bertz CT molecular complexity index is 468. The molecule has 0 saturated heterocycles. The summed E-state index contributed by atoms with van der Waals surface area (Å²) in [5, 5.41) is 12.2. The maximum atomic E-state index is 11.2. The molecular formula is C13H15NO2S. The molecule has 1 saturated carbocycles. The molecule has 2 N–H and O–H groups in total. The molecule has 0 unspecified atom stereocenters. The van der Waals surface area contributed by atoms with Crippen molar-refractivity contribution in [3.05, 3.63) is 23.8 Å². The number of hydrogen-bond donors (Lipinski definition) is 2. The number of carbonyl (C=O) groups is 1. The minimum Gasteiger partial charge on any atom is -0.396 e. The van der Waals surface area contributed by atoms with E-state index in [1.165, 1.54) is 5.56 Å². The Kier molecular flexibility index (Phi) is 2.64. The van der Waals surface area contributed by atoms with Gasteiger partial charge in [0.25, 0.3) is 0 Å². The van der Waals surface area contributed by atoms with E-state index < -0.39 is 0 Å². The molecule has 3 nitrogen and oxygen atoms in total. The highest BCUT2D eigenvalue weighted by Gasteiger charge is 2.41. The lowest BCUT2D eigenvalue weighted by molar-refractivity contribution is -0.113. The molecule has 1 aliphatic carbocycles. The first-order valence-electron chi connectivity index (χ1n) is 5.87. The average Bonchev–Trinajstić information content (AvgIpc) is 3.10. The zero-order chi connectivity index (χ0) is 11.9. The number of nitrogens with one attached hydrogen (secondary N) is 1. The first-order chi connectivity index (χ1) is 8.21. The molecule has 4 heteroatoms. The number of anilines is 1. The van der Waals surface area contributed by atoms with Crippen LogP contribution in [0.3, 0.4) is 0 Å². The number of aliphatic hydroxyl groups is 1. The van der Waals surface area contributed by atoms with Gasteiger partial charge in [-0.2, -0.15) is 0 Å². The molecule has 0 radical (unpaired) electrons. The van der Waals surface area contributed by atoms with Crippen LogP contribution in [0.1, 0.15) is 18.4 Å². The van der Waals surface area contributed by atoms with Crippen LogP contribution in [0.4, 0.5) is 5.69 Å². The Morgan fingerprint density at radius 2 is 2.24 bits per heavy atom. The van der Waals surface area contributed by atoms with Crippen LogP contribution in [-0.4, -0.2) is 23.4 Å². The fourth-order valence-electron chi connectivity index (χ4n) is 2.23. The molecule has 17 heavy (non-hydrogen) atoms. The van der Waals surface area contributed by atoms with Crippen LogP contribution in [0, 0.1) is 5.41 Å². The third-order valence-corrected chi connectivity index (χ3v) is 4.61. The highest BCUT2D eigenvalue weighted by Crippen LogP contribution is 2.48. The first kappa shape index (κ1) is 11.1. The lowest BCUT2D eigenvalue weighted by Gasteiger charge is -2.18. The van der Waals surface area contributed by atoms with Gasteiger partial charge in [0.1, 0.15) is 0 Å². The fraction of sp³-hybridized carbons (Fsp3) is 0.462. The van der Waals surface area contributed by atoms with E-state index in [1.54, 1.807) is 11.8 Å². The van der Waals surface area contributed by atoms with Gasteiger partial charge in [-0.05, 0) is 42.4 Å². The highest BCUT2D eigenvalue weighted by molar-refractivity contribution is 8.00. The molecule has 1 amide bonds. The van der Waals surface area contributed by atoms with Gasteiger partial charge in [0.2, 0.25) is 5.91 Å². The predicted molar refractivity (Wildman–Crippen MR) is 68.3 cm³/mol. The van der Waals surface area contributed by atoms with E-state index in [4.69, 9.17) is 0 Å². The summed E-state index contributed by atoms with van der Waals surface area (Å²) >= 11 is 1.59. The zero-order valence-electron chi connectivity index (χ0n) is 9.53. The van der Waals surface area contributed by atoms with Gasteiger partial charge in [0, 0.05) is 11.5 Å². The van der Waals surface area contributed by atoms with Crippen LogP contribution in [0.25, 0.3) is 0 Å². The van der Waals surface area contributed by atoms with E-state index in [0.717, 1.165) is 29.8 Å². The standard InChI is InChI=1S/C13H15NO2S/c15-8-13(3-4-13)6-9-1-2-10-11(5-9)17-7-12(16)14-10/h1-2,5,15H,3-4,6-8H2,(H,14,16). The van der Waals surface area contributed by atoms with Crippen molar-refractivity contribution < 1.29 is 9.90 Å². The van der Waals surface area contributed by atoms with Gasteiger partial charge >= 0.3 is 0 Å². The number of fused-ring (bicyclic) bond motifs is 1. The monoisotopic (exact) mass is 249 g/mol. The molecule has 1 aromatic rings. The molecule has 3 rings (SSSR count). The number of thioether (sulfide) groups is 1. The number of benzene rings is 1. The number of amides is 1. The van der Waals surface area contributed by atoms with Crippen LogP contribution in [0.5, 0.6) is 0 Å². The van der Waals surface area contributed by atoms with Crippen molar-refractivity contribution in [2.24, 2.45) is 5.41 Å². The Labute approximate surface area is 105 Å². The Balaban J connectivity index is 1.81. The second-order valence-corrected chi connectivity index (χ2v) is 6.02. The van der Waals surface area contributed by atoms with Gasteiger partial charge in [-0.3, -0.25) is 4.79 Å². The van der Waals surface area contributed by atoms with Gasteiger partial charge in [-0.25, -0.2) is 0 Å². The van der Waals surface area contributed by atoms with Gasteiger partial charge in [-0.15, -0.1) is 11.8 Å². The number of carbonyl (C=O) groups excluding carboxylic acids is 1.